The summed E-state index contributed by atoms with van der Waals surface area (Å²) >= 11 is 1.80. The molecule has 0 bridgehead atoms. The molecular weight excluding hydrogens is 252 g/mol. The van der Waals surface area contributed by atoms with Crippen LogP contribution < -0.4 is 5.32 Å². The Morgan fingerprint density at radius 2 is 1.95 bits per heavy atom. The first-order chi connectivity index (χ1) is 9.03. The lowest BCUT2D eigenvalue weighted by Gasteiger charge is -2.27. The van der Waals surface area contributed by atoms with E-state index in [1.165, 1.54) is 49.2 Å². The molecule has 0 aliphatic rings. The fourth-order valence-electron chi connectivity index (χ4n) is 2.23. The van der Waals surface area contributed by atoms with Gasteiger partial charge in [-0.1, -0.05) is 52.9 Å². The molecule has 1 unspecified atom stereocenters. The molecule has 0 amide bonds. The van der Waals surface area contributed by atoms with Crippen LogP contribution in [0.5, 0.6) is 0 Å². The minimum Gasteiger partial charge on any atom is -0.309 e. The van der Waals surface area contributed by atoms with Crippen molar-refractivity contribution >= 4 is 11.3 Å². The molecule has 0 spiro atoms. The highest BCUT2D eigenvalue weighted by Gasteiger charge is 2.27. The van der Waals surface area contributed by atoms with Crippen molar-refractivity contribution < 1.29 is 0 Å². The highest BCUT2D eigenvalue weighted by molar-refractivity contribution is 7.09. The summed E-state index contributed by atoms with van der Waals surface area (Å²) in [6.07, 6.45) is 7.85. The fourth-order valence-corrected chi connectivity index (χ4v) is 3.41. The summed E-state index contributed by atoms with van der Waals surface area (Å²) in [6, 6.07) is 0. The van der Waals surface area contributed by atoms with Crippen molar-refractivity contribution in [1.29, 1.82) is 0 Å². The van der Waals surface area contributed by atoms with E-state index >= 15 is 0 Å². The molecular formula is C16H30N2S. The SMILES string of the molecule is CCCCCCCC(C)(NC)c1nc(C(C)C)cs1. The van der Waals surface area contributed by atoms with Gasteiger partial charge >= 0.3 is 0 Å². The minimum atomic E-state index is 0.0457. The van der Waals surface area contributed by atoms with Crippen molar-refractivity contribution in [3.05, 3.63) is 16.1 Å². The van der Waals surface area contributed by atoms with Crippen LogP contribution in [-0.2, 0) is 5.54 Å². The quantitative estimate of drug-likeness (QED) is 0.640. The molecule has 0 fully saturated rings. The van der Waals surface area contributed by atoms with E-state index in [2.05, 4.69) is 45.4 Å². The van der Waals surface area contributed by atoms with E-state index in [-0.39, 0.29) is 5.54 Å². The Hall–Kier alpha value is -0.410. The lowest BCUT2D eigenvalue weighted by molar-refractivity contribution is 0.349. The van der Waals surface area contributed by atoms with Gasteiger partial charge in [0.25, 0.3) is 0 Å². The van der Waals surface area contributed by atoms with Crippen LogP contribution in [0.2, 0.25) is 0 Å². The Morgan fingerprint density at radius 3 is 2.47 bits per heavy atom. The molecule has 0 aliphatic heterocycles. The van der Waals surface area contributed by atoms with E-state index in [4.69, 9.17) is 4.98 Å². The summed E-state index contributed by atoms with van der Waals surface area (Å²) < 4.78 is 0. The van der Waals surface area contributed by atoms with E-state index < -0.39 is 0 Å². The molecule has 0 saturated heterocycles. The van der Waals surface area contributed by atoms with Gasteiger partial charge in [-0.2, -0.15) is 0 Å². The molecule has 2 nitrogen and oxygen atoms in total. The number of rotatable bonds is 9. The maximum absolute atomic E-state index is 4.82. The third kappa shape index (κ3) is 4.88. The van der Waals surface area contributed by atoms with Gasteiger partial charge in [0.15, 0.2) is 0 Å². The smallest absolute Gasteiger partial charge is 0.113 e. The zero-order chi connectivity index (χ0) is 14.3. The van der Waals surface area contributed by atoms with Gasteiger partial charge in [0, 0.05) is 5.38 Å². The molecule has 1 atom stereocenters. The molecule has 1 heterocycles. The highest BCUT2D eigenvalue weighted by atomic mass is 32.1. The first kappa shape index (κ1) is 16.6. The number of nitrogens with zero attached hydrogens (tertiary/aromatic N) is 1. The number of unbranched alkanes of at least 4 members (excludes halogenated alkanes) is 4. The van der Waals surface area contributed by atoms with E-state index in [9.17, 15) is 0 Å². The van der Waals surface area contributed by atoms with Gasteiger partial charge in [-0.05, 0) is 26.3 Å². The predicted octanol–water partition coefficient (Wildman–Crippen LogP) is 5.06. The van der Waals surface area contributed by atoms with Gasteiger partial charge < -0.3 is 5.32 Å². The molecule has 0 radical (unpaired) electrons. The average molecular weight is 282 g/mol. The van der Waals surface area contributed by atoms with Crippen molar-refractivity contribution in [2.45, 2.75) is 77.7 Å². The van der Waals surface area contributed by atoms with E-state index in [0.717, 1.165) is 0 Å². The van der Waals surface area contributed by atoms with E-state index in [1.54, 1.807) is 11.3 Å². The lowest BCUT2D eigenvalue weighted by Crippen LogP contribution is -2.36. The van der Waals surface area contributed by atoms with Crippen molar-refractivity contribution in [1.82, 2.24) is 10.3 Å². The Bertz CT molecular complexity index is 359. The zero-order valence-corrected chi connectivity index (χ0v) is 14.1. The van der Waals surface area contributed by atoms with Crippen LogP contribution in [0.4, 0.5) is 0 Å². The molecule has 19 heavy (non-hydrogen) atoms. The maximum Gasteiger partial charge on any atom is 0.113 e. The topological polar surface area (TPSA) is 24.9 Å². The summed E-state index contributed by atoms with van der Waals surface area (Å²) in [4.78, 5) is 4.82. The van der Waals surface area contributed by atoms with Crippen LogP contribution in [-0.4, -0.2) is 12.0 Å². The summed E-state index contributed by atoms with van der Waals surface area (Å²) in [5, 5.41) is 6.95. The number of thiazole rings is 1. The predicted molar refractivity (Wildman–Crippen MR) is 86.0 cm³/mol. The van der Waals surface area contributed by atoms with E-state index in [1.807, 2.05) is 0 Å². The Morgan fingerprint density at radius 1 is 1.26 bits per heavy atom. The number of aromatic nitrogens is 1. The third-order valence-electron chi connectivity index (χ3n) is 3.92. The normalized spacial score (nSPS) is 14.8. The standard InChI is InChI=1S/C16H30N2S/c1-6-7-8-9-10-11-16(4,17-5)15-18-14(12-19-15)13(2)3/h12-13,17H,6-11H2,1-5H3. The van der Waals surface area contributed by atoms with Crippen molar-refractivity contribution in [2.75, 3.05) is 7.05 Å². The summed E-state index contributed by atoms with van der Waals surface area (Å²) in [7, 11) is 2.06. The van der Waals surface area contributed by atoms with Gasteiger partial charge in [0.2, 0.25) is 0 Å². The van der Waals surface area contributed by atoms with Crippen molar-refractivity contribution in [2.24, 2.45) is 0 Å². The van der Waals surface area contributed by atoms with E-state index in [0.29, 0.717) is 5.92 Å². The number of nitrogens with one attached hydrogen (secondary N) is 1. The summed E-state index contributed by atoms with van der Waals surface area (Å²) in [5.74, 6) is 0.524. The monoisotopic (exact) mass is 282 g/mol. The van der Waals surface area contributed by atoms with Crippen LogP contribution in [0.3, 0.4) is 0 Å². The number of hydrogen-bond acceptors (Lipinski definition) is 3. The van der Waals surface area contributed by atoms with Crippen molar-refractivity contribution in [3.63, 3.8) is 0 Å². The molecule has 0 aliphatic carbocycles. The van der Waals surface area contributed by atoms with Crippen LogP contribution in [0.1, 0.15) is 82.8 Å². The molecule has 0 saturated carbocycles. The van der Waals surface area contributed by atoms with Crippen LogP contribution in [0, 0.1) is 0 Å². The van der Waals surface area contributed by atoms with Gasteiger partial charge in [-0.3, -0.25) is 0 Å². The van der Waals surface area contributed by atoms with Gasteiger partial charge in [0.05, 0.1) is 11.2 Å². The minimum absolute atomic E-state index is 0.0457. The van der Waals surface area contributed by atoms with Gasteiger partial charge in [-0.15, -0.1) is 11.3 Å². The van der Waals surface area contributed by atoms with Crippen LogP contribution >= 0.6 is 11.3 Å². The third-order valence-corrected chi connectivity index (χ3v) is 5.04. The Kier molecular flexibility index (Phi) is 7.01. The molecule has 0 aromatic carbocycles. The molecule has 1 aromatic heterocycles. The highest BCUT2D eigenvalue weighted by Crippen LogP contribution is 2.31. The summed E-state index contributed by atoms with van der Waals surface area (Å²) in [5.41, 5.74) is 1.27. The molecule has 1 aromatic rings. The molecule has 110 valence electrons. The molecule has 1 N–H and O–H groups in total. The van der Waals surface area contributed by atoms with Crippen LogP contribution in [0.15, 0.2) is 5.38 Å². The first-order valence-electron chi connectivity index (χ1n) is 7.68. The zero-order valence-electron chi connectivity index (χ0n) is 13.3. The van der Waals surface area contributed by atoms with Gasteiger partial charge in [-0.25, -0.2) is 4.98 Å². The first-order valence-corrected chi connectivity index (χ1v) is 8.56. The summed E-state index contributed by atoms with van der Waals surface area (Å²) in [6.45, 7) is 8.97. The second-order valence-electron chi connectivity index (χ2n) is 5.98. The number of hydrogen-bond donors (Lipinski definition) is 1. The van der Waals surface area contributed by atoms with Gasteiger partial charge in [0.1, 0.15) is 5.01 Å². The Labute approximate surface area is 123 Å². The van der Waals surface area contributed by atoms with Crippen molar-refractivity contribution in [3.8, 4) is 0 Å². The molecule has 3 heteroatoms. The second kappa shape index (κ2) is 8.01. The molecule has 1 rings (SSSR count). The maximum atomic E-state index is 4.82. The largest absolute Gasteiger partial charge is 0.309 e. The fraction of sp³-hybridized carbons (Fsp3) is 0.812. The lowest BCUT2D eigenvalue weighted by atomic mass is 9.94. The van der Waals surface area contributed by atoms with Crippen LogP contribution in [0.25, 0.3) is 0 Å². The Balaban J connectivity index is 2.57. The average Bonchev–Trinajstić information content (AvgIpc) is 2.88. The second-order valence-corrected chi connectivity index (χ2v) is 6.84.